The molecule has 0 atom stereocenters. The molecule has 3 aromatic rings. The molecule has 6 heteroatoms. The molecule has 0 unspecified atom stereocenters. The summed E-state index contributed by atoms with van der Waals surface area (Å²) in [5.74, 6) is 2.27. The van der Waals surface area contributed by atoms with E-state index < -0.39 is 0 Å². The number of hydrazone groups is 1. The third-order valence-corrected chi connectivity index (χ3v) is 4.83. The summed E-state index contributed by atoms with van der Waals surface area (Å²) in [4.78, 5) is 0. The maximum Gasteiger partial charge on any atom is 0.161 e. The first-order chi connectivity index (χ1) is 14.1. The van der Waals surface area contributed by atoms with Gasteiger partial charge in [-0.15, -0.1) is 0 Å². The Morgan fingerprint density at radius 2 is 1.62 bits per heavy atom. The zero-order valence-corrected chi connectivity index (χ0v) is 17.5. The zero-order valence-electron chi connectivity index (χ0n) is 17.5. The van der Waals surface area contributed by atoms with Gasteiger partial charge < -0.3 is 24.2 Å². The smallest absolute Gasteiger partial charge is 0.161 e. The van der Waals surface area contributed by atoms with E-state index in [2.05, 4.69) is 47.1 Å². The van der Waals surface area contributed by atoms with Gasteiger partial charge in [-0.25, -0.2) is 0 Å². The maximum absolute atomic E-state index is 5.34. The van der Waals surface area contributed by atoms with E-state index in [4.69, 9.17) is 14.2 Å². The molecular weight excluding hydrogens is 366 g/mol. The second kappa shape index (κ2) is 9.19. The number of ether oxygens (including phenoxy) is 3. The van der Waals surface area contributed by atoms with Crippen molar-refractivity contribution in [2.24, 2.45) is 5.10 Å². The van der Waals surface area contributed by atoms with Crippen molar-refractivity contribution in [3.63, 3.8) is 0 Å². The van der Waals surface area contributed by atoms with E-state index in [-0.39, 0.29) is 0 Å². The van der Waals surface area contributed by atoms with Crippen LogP contribution in [0.15, 0.2) is 53.6 Å². The summed E-state index contributed by atoms with van der Waals surface area (Å²) < 4.78 is 18.1. The average molecular weight is 393 g/mol. The Morgan fingerprint density at radius 3 is 2.28 bits per heavy atom. The molecule has 152 valence electrons. The van der Waals surface area contributed by atoms with Gasteiger partial charge in [-0.05, 0) is 61.9 Å². The van der Waals surface area contributed by atoms with Crippen molar-refractivity contribution in [2.75, 3.05) is 21.3 Å². The molecular formula is C23H27N3O3. The lowest BCUT2D eigenvalue weighted by molar-refractivity contribution is 0.354. The number of aryl methyl sites for hydroxylation is 1. The molecule has 0 bridgehead atoms. The van der Waals surface area contributed by atoms with Gasteiger partial charge in [0.15, 0.2) is 11.5 Å². The minimum Gasteiger partial charge on any atom is -0.497 e. The van der Waals surface area contributed by atoms with Gasteiger partial charge in [0.1, 0.15) is 5.75 Å². The number of nitrogens with one attached hydrogen (secondary N) is 1. The van der Waals surface area contributed by atoms with Crippen LogP contribution in [-0.2, 0) is 6.54 Å². The Labute approximate surface area is 171 Å². The predicted octanol–water partition coefficient (Wildman–Crippen LogP) is 4.24. The number of rotatable bonds is 8. The first-order valence-corrected chi connectivity index (χ1v) is 9.37. The Morgan fingerprint density at radius 1 is 0.897 bits per heavy atom. The van der Waals surface area contributed by atoms with Crippen LogP contribution in [-0.4, -0.2) is 32.1 Å². The van der Waals surface area contributed by atoms with Gasteiger partial charge in [0, 0.05) is 22.6 Å². The van der Waals surface area contributed by atoms with Gasteiger partial charge in [0.25, 0.3) is 0 Å². The molecule has 0 spiro atoms. The third kappa shape index (κ3) is 4.54. The lowest BCUT2D eigenvalue weighted by atomic mass is 10.2. The van der Waals surface area contributed by atoms with Crippen LogP contribution in [0.1, 0.15) is 22.5 Å². The van der Waals surface area contributed by atoms with Crippen molar-refractivity contribution in [1.82, 2.24) is 9.99 Å². The van der Waals surface area contributed by atoms with Crippen molar-refractivity contribution >= 4 is 6.21 Å². The first kappa shape index (κ1) is 20.3. The van der Waals surface area contributed by atoms with Crippen LogP contribution in [0.5, 0.6) is 17.2 Å². The Kier molecular flexibility index (Phi) is 6.44. The Hall–Kier alpha value is -3.41. The standard InChI is InChI=1S/C23H27N3O3/c1-16-12-19(17(2)26(16)20-7-9-21(27-3)10-8-20)15-25-24-14-18-6-11-22(28-4)23(13-18)29-5/h6-13,15,24H,14H2,1-5H3/b25-15+. The molecule has 0 radical (unpaired) electrons. The van der Waals surface area contributed by atoms with Crippen molar-refractivity contribution < 1.29 is 14.2 Å². The van der Waals surface area contributed by atoms with Gasteiger partial charge in [0.2, 0.25) is 0 Å². The molecule has 0 amide bonds. The first-order valence-electron chi connectivity index (χ1n) is 9.37. The zero-order chi connectivity index (χ0) is 20.8. The molecule has 0 aliphatic carbocycles. The van der Waals surface area contributed by atoms with Crippen molar-refractivity contribution in [1.29, 1.82) is 0 Å². The number of aromatic nitrogens is 1. The van der Waals surface area contributed by atoms with E-state index >= 15 is 0 Å². The van der Waals surface area contributed by atoms with Gasteiger partial charge in [-0.1, -0.05) is 6.07 Å². The van der Waals surface area contributed by atoms with E-state index in [1.165, 1.54) is 0 Å². The second-order valence-electron chi connectivity index (χ2n) is 6.64. The summed E-state index contributed by atoms with van der Waals surface area (Å²) in [6.45, 7) is 4.77. The topological polar surface area (TPSA) is 57.0 Å². The molecule has 0 saturated carbocycles. The minimum atomic E-state index is 0.591. The van der Waals surface area contributed by atoms with E-state index in [0.29, 0.717) is 18.0 Å². The highest BCUT2D eigenvalue weighted by atomic mass is 16.5. The van der Waals surface area contributed by atoms with E-state index in [1.54, 1.807) is 21.3 Å². The number of hydrogen-bond donors (Lipinski definition) is 1. The molecule has 29 heavy (non-hydrogen) atoms. The molecule has 1 aromatic heterocycles. The van der Waals surface area contributed by atoms with Gasteiger partial charge in [0.05, 0.1) is 34.1 Å². The highest BCUT2D eigenvalue weighted by molar-refractivity contribution is 5.82. The highest BCUT2D eigenvalue weighted by Crippen LogP contribution is 2.27. The molecule has 0 saturated heterocycles. The predicted molar refractivity (Wildman–Crippen MR) is 116 cm³/mol. The second-order valence-corrected chi connectivity index (χ2v) is 6.64. The summed E-state index contributed by atoms with van der Waals surface area (Å²) in [5, 5.41) is 4.39. The number of benzene rings is 2. The molecule has 6 nitrogen and oxygen atoms in total. The van der Waals surface area contributed by atoms with Crippen LogP contribution >= 0.6 is 0 Å². The largest absolute Gasteiger partial charge is 0.497 e. The van der Waals surface area contributed by atoms with Crippen LogP contribution in [0.3, 0.4) is 0 Å². The fraction of sp³-hybridized carbons (Fsp3) is 0.261. The number of methoxy groups -OCH3 is 3. The Balaban J connectivity index is 1.70. The van der Waals surface area contributed by atoms with E-state index in [1.807, 2.05) is 36.5 Å². The number of hydrogen-bond acceptors (Lipinski definition) is 5. The lowest BCUT2D eigenvalue weighted by Gasteiger charge is -2.10. The van der Waals surface area contributed by atoms with Gasteiger partial charge >= 0.3 is 0 Å². The maximum atomic E-state index is 5.34. The molecule has 0 aliphatic rings. The SMILES string of the molecule is COc1ccc(-n2c(C)cc(/C=N/NCc3ccc(OC)c(OC)c3)c2C)cc1. The number of nitrogens with zero attached hydrogens (tertiary/aromatic N) is 2. The molecule has 1 N–H and O–H groups in total. The molecule has 3 rings (SSSR count). The fourth-order valence-electron chi connectivity index (χ4n) is 3.29. The van der Waals surface area contributed by atoms with Crippen molar-refractivity contribution in [2.45, 2.75) is 20.4 Å². The highest BCUT2D eigenvalue weighted by Gasteiger charge is 2.09. The van der Waals surface area contributed by atoms with Crippen molar-refractivity contribution in [3.8, 4) is 22.9 Å². The normalized spacial score (nSPS) is 10.9. The summed E-state index contributed by atoms with van der Waals surface area (Å²) in [5.41, 5.74) is 8.60. The third-order valence-electron chi connectivity index (χ3n) is 4.83. The monoisotopic (exact) mass is 393 g/mol. The summed E-state index contributed by atoms with van der Waals surface area (Å²) in [6.07, 6.45) is 1.85. The van der Waals surface area contributed by atoms with Crippen LogP contribution in [0, 0.1) is 13.8 Å². The van der Waals surface area contributed by atoms with Gasteiger partial charge in [-0.3, -0.25) is 0 Å². The molecule has 1 heterocycles. The lowest BCUT2D eigenvalue weighted by Crippen LogP contribution is -2.06. The summed E-state index contributed by atoms with van der Waals surface area (Å²) >= 11 is 0. The molecule has 0 fully saturated rings. The average Bonchev–Trinajstić information content (AvgIpc) is 3.04. The van der Waals surface area contributed by atoms with E-state index in [0.717, 1.165) is 34.0 Å². The summed E-state index contributed by atoms with van der Waals surface area (Å²) in [6, 6.07) is 16.0. The van der Waals surface area contributed by atoms with Crippen LogP contribution in [0.2, 0.25) is 0 Å². The van der Waals surface area contributed by atoms with Crippen LogP contribution < -0.4 is 19.6 Å². The van der Waals surface area contributed by atoms with Crippen LogP contribution in [0.25, 0.3) is 5.69 Å². The fourth-order valence-corrected chi connectivity index (χ4v) is 3.29. The molecule has 0 aliphatic heterocycles. The minimum absolute atomic E-state index is 0.591. The van der Waals surface area contributed by atoms with E-state index in [9.17, 15) is 0 Å². The van der Waals surface area contributed by atoms with Gasteiger partial charge in [-0.2, -0.15) is 5.10 Å². The van der Waals surface area contributed by atoms with Crippen molar-refractivity contribution in [3.05, 3.63) is 71.0 Å². The summed E-state index contributed by atoms with van der Waals surface area (Å²) in [7, 11) is 4.93. The van der Waals surface area contributed by atoms with Crippen LogP contribution in [0.4, 0.5) is 0 Å². The Bertz CT molecular complexity index is 991. The molecule has 2 aromatic carbocycles. The quantitative estimate of drug-likeness (QED) is 0.459.